The van der Waals surface area contributed by atoms with Crippen molar-refractivity contribution in [3.8, 4) is 11.5 Å². The smallest absolute Gasteiger partial charge is 0.296 e. The number of azo groups is 1. The molecule has 0 unspecified atom stereocenters. The van der Waals surface area contributed by atoms with Gasteiger partial charge in [-0.25, -0.2) is 0 Å². The number of benzene rings is 3. The quantitative estimate of drug-likeness (QED) is 0.388. The second kappa shape index (κ2) is 7.53. The van der Waals surface area contributed by atoms with Crippen LogP contribution in [0, 0.1) is 0 Å². The number of nitrogens with one attached hydrogen (secondary N) is 1. The number of phenolic OH excluding ortho intramolecular Hbond substituents is 1. The highest BCUT2D eigenvalue weighted by atomic mass is 32.2. The van der Waals surface area contributed by atoms with E-state index in [1.807, 2.05) is 0 Å². The third-order valence-corrected chi connectivity index (χ3v) is 5.81. The summed E-state index contributed by atoms with van der Waals surface area (Å²) in [6.45, 7) is 0. The van der Waals surface area contributed by atoms with Crippen LogP contribution >= 0.6 is 0 Å². The molecule has 11 nitrogen and oxygen atoms in total. The Balaban J connectivity index is 2.16. The van der Waals surface area contributed by atoms with Gasteiger partial charge in [0.15, 0.2) is 5.75 Å². The lowest BCUT2D eigenvalue weighted by atomic mass is 10.1. The summed E-state index contributed by atoms with van der Waals surface area (Å²) in [4.78, 5) is -1.14. The summed E-state index contributed by atoms with van der Waals surface area (Å²) in [5, 5.41) is 17.8. The Morgan fingerprint density at radius 2 is 1.43 bits per heavy atom. The normalized spacial score (nSPS) is 12.5. The number of hydrogen-bond acceptors (Lipinski definition) is 8. The fourth-order valence-electron chi connectivity index (χ4n) is 2.69. The lowest BCUT2D eigenvalue weighted by molar-refractivity contribution is 0.412. The first kappa shape index (κ1) is 21.4. The number of fused-ring (bicyclic) bond motifs is 1. The van der Waals surface area contributed by atoms with E-state index in [-0.39, 0.29) is 33.6 Å². The molecule has 3 rings (SSSR count). The van der Waals surface area contributed by atoms with Crippen molar-refractivity contribution in [3.63, 3.8) is 0 Å². The summed E-state index contributed by atoms with van der Waals surface area (Å²) < 4.78 is 69.9. The van der Waals surface area contributed by atoms with Crippen LogP contribution in [0.5, 0.6) is 11.5 Å². The van der Waals surface area contributed by atoms with Gasteiger partial charge >= 0.3 is 0 Å². The highest BCUT2D eigenvalue weighted by Gasteiger charge is 2.19. The Morgan fingerprint density at radius 1 is 0.833 bits per heavy atom. The van der Waals surface area contributed by atoms with Gasteiger partial charge in [0.25, 0.3) is 20.2 Å². The largest absolute Gasteiger partial charge is 0.505 e. The first-order valence-electron chi connectivity index (χ1n) is 7.98. The van der Waals surface area contributed by atoms with Gasteiger partial charge in [-0.05, 0) is 30.3 Å². The number of aromatic hydroxyl groups is 1. The van der Waals surface area contributed by atoms with Crippen LogP contribution in [-0.2, 0) is 20.2 Å². The molecule has 0 amide bonds. The van der Waals surface area contributed by atoms with Crippen LogP contribution in [0.4, 0.5) is 17.1 Å². The van der Waals surface area contributed by atoms with E-state index in [4.69, 9.17) is 10.5 Å². The van der Waals surface area contributed by atoms with Gasteiger partial charge in [0, 0.05) is 16.8 Å². The molecule has 0 saturated carbocycles. The predicted octanol–water partition coefficient (Wildman–Crippen LogP) is 3.38. The molecule has 0 bridgehead atoms. The van der Waals surface area contributed by atoms with Crippen LogP contribution in [-0.4, -0.2) is 38.2 Å². The number of ether oxygens (including phenoxy) is 1. The zero-order valence-corrected chi connectivity index (χ0v) is 16.8. The van der Waals surface area contributed by atoms with E-state index in [0.29, 0.717) is 0 Å². The fraction of sp³-hybridized carbons (Fsp3) is 0.0588. The van der Waals surface area contributed by atoms with Crippen molar-refractivity contribution in [3.05, 3.63) is 42.5 Å². The number of nitrogens with zero attached hydrogens (tertiary/aromatic N) is 2. The summed E-state index contributed by atoms with van der Waals surface area (Å²) in [7, 11) is -8.01. The molecular weight excluding hydrogens is 438 g/mol. The molecule has 0 aliphatic rings. The summed E-state index contributed by atoms with van der Waals surface area (Å²) in [6.07, 6.45) is 0. The van der Waals surface area contributed by atoms with Gasteiger partial charge in [-0.1, -0.05) is 6.07 Å². The molecule has 157 valence electrons. The standard InChI is InChI=1S/C17H14N3O8S2/c1-28-10-2-4-13(16(8-10)30(25,26)27)19-20-14-5-3-11-12(17(14)21)6-9(18)7-15(11)29(22,23)24/h2-8,18,21H,1H3,(H,22,23,24)(H,25,26,27). The van der Waals surface area contributed by atoms with E-state index in [1.165, 1.54) is 31.4 Å². The van der Waals surface area contributed by atoms with Crippen molar-refractivity contribution in [2.75, 3.05) is 7.11 Å². The number of methoxy groups -OCH3 is 1. The maximum absolute atomic E-state index is 11.6. The van der Waals surface area contributed by atoms with E-state index < -0.39 is 35.8 Å². The highest BCUT2D eigenvalue weighted by molar-refractivity contribution is 7.86. The zero-order valence-electron chi connectivity index (χ0n) is 15.1. The molecule has 0 aromatic heterocycles. The number of rotatable bonds is 5. The van der Waals surface area contributed by atoms with Gasteiger partial charge < -0.3 is 15.6 Å². The topological polar surface area (TPSA) is 187 Å². The van der Waals surface area contributed by atoms with Crippen LogP contribution in [0.2, 0.25) is 0 Å². The molecular formula is C17H14N3O8S2. The van der Waals surface area contributed by atoms with Gasteiger partial charge in [0.05, 0.1) is 12.8 Å². The maximum Gasteiger partial charge on any atom is 0.296 e. The van der Waals surface area contributed by atoms with Gasteiger partial charge in [-0.15, -0.1) is 10.2 Å². The van der Waals surface area contributed by atoms with Gasteiger partial charge in [-0.2, -0.15) is 16.8 Å². The van der Waals surface area contributed by atoms with Crippen molar-refractivity contribution in [2.24, 2.45) is 10.2 Å². The van der Waals surface area contributed by atoms with Crippen molar-refractivity contribution in [1.29, 1.82) is 0 Å². The minimum absolute atomic E-state index is 0.0481. The number of phenols is 1. The molecule has 0 saturated heterocycles. The van der Waals surface area contributed by atoms with Gasteiger partial charge in [0.2, 0.25) is 0 Å². The lowest BCUT2D eigenvalue weighted by Gasteiger charge is -2.09. The Kier molecular flexibility index (Phi) is 5.38. The van der Waals surface area contributed by atoms with E-state index in [1.54, 1.807) is 0 Å². The molecule has 0 spiro atoms. The zero-order chi connectivity index (χ0) is 22.3. The van der Waals surface area contributed by atoms with Crippen LogP contribution in [0.15, 0.2) is 62.5 Å². The Morgan fingerprint density at radius 3 is 2.03 bits per heavy atom. The van der Waals surface area contributed by atoms with E-state index in [0.717, 1.165) is 18.2 Å². The van der Waals surface area contributed by atoms with E-state index in [2.05, 4.69) is 10.2 Å². The second-order valence-corrected chi connectivity index (χ2v) is 8.77. The van der Waals surface area contributed by atoms with E-state index >= 15 is 0 Å². The molecule has 30 heavy (non-hydrogen) atoms. The first-order chi connectivity index (χ1) is 13.9. The average Bonchev–Trinajstić information content (AvgIpc) is 2.66. The molecule has 3 aromatic rings. The predicted molar refractivity (Wildman–Crippen MR) is 105 cm³/mol. The Bertz CT molecular complexity index is 1400. The highest BCUT2D eigenvalue weighted by Crippen LogP contribution is 2.40. The van der Waals surface area contributed by atoms with Crippen molar-refractivity contribution >= 4 is 48.1 Å². The van der Waals surface area contributed by atoms with Crippen LogP contribution in [0.3, 0.4) is 0 Å². The van der Waals surface area contributed by atoms with Crippen molar-refractivity contribution in [2.45, 2.75) is 9.79 Å². The Labute approximate surface area is 170 Å². The molecule has 0 heterocycles. The first-order valence-corrected chi connectivity index (χ1v) is 10.9. The van der Waals surface area contributed by atoms with Gasteiger partial charge in [-0.3, -0.25) is 9.11 Å². The summed E-state index contributed by atoms with van der Waals surface area (Å²) in [6, 6.07) is 8.16. The molecule has 0 atom stereocenters. The molecule has 1 radical (unpaired) electrons. The minimum atomic E-state index is -4.66. The molecule has 0 aliphatic carbocycles. The third-order valence-electron chi connectivity index (χ3n) is 4.04. The Hall–Kier alpha value is -3.26. The average molecular weight is 452 g/mol. The molecule has 0 aliphatic heterocycles. The third kappa shape index (κ3) is 4.18. The lowest BCUT2D eigenvalue weighted by Crippen LogP contribution is -1.99. The van der Waals surface area contributed by atoms with Crippen LogP contribution in [0.1, 0.15) is 0 Å². The summed E-state index contributed by atoms with van der Waals surface area (Å²) in [5.41, 5.74) is 6.98. The number of hydrogen-bond donors (Lipinski definition) is 3. The summed E-state index contributed by atoms with van der Waals surface area (Å²) >= 11 is 0. The molecule has 4 N–H and O–H groups in total. The fourth-order valence-corrected chi connectivity index (χ4v) is 4.06. The van der Waals surface area contributed by atoms with E-state index in [9.17, 15) is 31.0 Å². The molecule has 13 heteroatoms. The van der Waals surface area contributed by atoms with Crippen LogP contribution in [0.25, 0.3) is 10.8 Å². The second-order valence-electron chi connectivity index (χ2n) is 5.99. The minimum Gasteiger partial charge on any atom is -0.505 e. The van der Waals surface area contributed by atoms with Crippen molar-refractivity contribution < 1.29 is 35.8 Å². The van der Waals surface area contributed by atoms with Crippen molar-refractivity contribution in [1.82, 2.24) is 5.73 Å². The van der Waals surface area contributed by atoms with Crippen LogP contribution < -0.4 is 10.5 Å². The molecule has 3 aromatic carbocycles. The SMILES string of the molecule is COc1ccc(N=Nc2ccc3c(S(=O)(=O)O)cc([NH])cc3c2O)c(S(=O)(=O)O)c1. The monoisotopic (exact) mass is 452 g/mol. The van der Waals surface area contributed by atoms with Gasteiger partial charge in [0.1, 0.15) is 26.9 Å². The summed E-state index contributed by atoms with van der Waals surface area (Å²) in [5.74, 6) is -0.395. The maximum atomic E-state index is 11.6. The molecule has 0 fully saturated rings.